The van der Waals surface area contributed by atoms with Gasteiger partial charge in [-0.1, -0.05) is 24.3 Å². The molecule has 0 spiro atoms. The second-order valence-electron chi connectivity index (χ2n) is 7.87. The lowest BCUT2D eigenvalue weighted by Gasteiger charge is -2.27. The van der Waals surface area contributed by atoms with Crippen molar-refractivity contribution >= 4 is 28.5 Å². The van der Waals surface area contributed by atoms with Crippen LogP contribution in [0.1, 0.15) is 39.1 Å². The largest absolute Gasteiger partial charge is 0.496 e. The number of nitrogens with one attached hydrogen (secondary N) is 1. The quantitative estimate of drug-likeness (QED) is 0.489. The molecule has 1 aliphatic heterocycles. The van der Waals surface area contributed by atoms with Crippen molar-refractivity contribution in [3.63, 3.8) is 0 Å². The van der Waals surface area contributed by atoms with Crippen molar-refractivity contribution in [2.75, 3.05) is 27.9 Å². The van der Waals surface area contributed by atoms with Gasteiger partial charge in [0.1, 0.15) is 5.75 Å². The minimum atomic E-state index is -0.329. The van der Waals surface area contributed by atoms with Crippen LogP contribution in [0.3, 0.4) is 0 Å². The highest BCUT2D eigenvalue weighted by atomic mass is 16.5. The number of hydrogen-bond donors (Lipinski definition) is 1. The van der Waals surface area contributed by atoms with Gasteiger partial charge < -0.3 is 19.5 Å². The van der Waals surface area contributed by atoms with E-state index < -0.39 is 0 Å². The number of ether oxygens (including phenoxy) is 3. The van der Waals surface area contributed by atoms with E-state index in [-0.39, 0.29) is 37.2 Å². The molecule has 0 atom stereocenters. The van der Waals surface area contributed by atoms with E-state index in [0.717, 1.165) is 10.9 Å². The zero-order chi connectivity index (χ0) is 24.2. The van der Waals surface area contributed by atoms with Crippen molar-refractivity contribution in [1.82, 2.24) is 10.2 Å². The summed E-state index contributed by atoms with van der Waals surface area (Å²) in [5.41, 5.74) is 1.76. The first-order chi connectivity index (χ1) is 16.5. The number of methoxy groups -OCH3 is 3. The molecule has 8 nitrogen and oxygen atoms in total. The van der Waals surface area contributed by atoms with E-state index in [1.165, 1.54) is 26.2 Å². The molecule has 3 aromatic carbocycles. The Kier molecular flexibility index (Phi) is 6.67. The van der Waals surface area contributed by atoms with Gasteiger partial charge in [-0.15, -0.1) is 0 Å². The molecule has 4 rings (SSSR count). The smallest absolute Gasteiger partial charge is 0.261 e. The molecule has 1 aliphatic rings. The minimum Gasteiger partial charge on any atom is -0.496 e. The Morgan fingerprint density at radius 2 is 1.44 bits per heavy atom. The molecular weight excluding hydrogens is 436 g/mol. The van der Waals surface area contributed by atoms with Gasteiger partial charge in [-0.05, 0) is 30.0 Å². The number of nitrogens with zero attached hydrogens (tertiary/aromatic N) is 1. The van der Waals surface area contributed by atoms with E-state index >= 15 is 0 Å². The highest BCUT2D eigenvalue weighted by Crippen LogP contribution is 2.34. The zero-order valence-electron chi connectivity index (χ0n) is 19.3. The average Bonchev–Trinajstić information content (AvgIpc) is 2.87. The lowest BCUT2D eigenvalue weighted by atomic mass is 9.94. The van der Waals surface area contributed by atoms with Crippen LogP contribution in [0.25, 0.3) is 10.8 Å². The predicted molar refractivity (Wildman–Crippen MR) is 126 cm³/mol. The first-order valence-corrected chi connectivity index (χ1v) is 10.9. The van der Waals surface area contributed by atoms with Crippen LogP contribution in [-0.4, -0.2) is 50.5 Å². The Hall–Kier alpha value is -4.07. The number of imide groups is 1. The van der Waals surface area contributed by atoms with Crippen LogP contribution in [0.2, 0.25) is 0 Å². The molecule has 1 N–H and O–H groups in total. The fraction of sp³-hybridized carbons (Fsp3) is 0.269. The molecule has 3 aromatic rings. The topological polar surface area (TPSA) is 94.2 Å². The maximum absolute atomic E-state index is 13.0. The summed E-state index contributed by atoms with van der Waals surface area (Å²) in [5, 5.41) is 4.41. The van der Waals surface area contributed by atoms with Gasteiger partial charge in [-0.3, -0.25) is 19.3 Å². The van der Waals surface area contributed by atoms with Gasteiger partial charge in [0, 0.05) is 47.7 Å². The Morgan fingerprint density at radius 3 is 2.03 bits per heavy atom. The van der Waals surface area contributed by atoms with Gasteiger partial charge in [0.15, 0.2) is 11.5 Å². The lowest BCUT2D eigenvalue weighted by molar-refractivity contribution is -0.121. The predicted octanol–water partition coefficient (Wildman–Crippen LogP) is 3.56. The maximum Gasteiger partial charge on any atom is 0.261 e. The average molecular weight is 463 g/mol. The molecule has 1 heterocycles. The molecule has 0 radical (unpaired) electrons. The summed E-state index contributed by atoms with van der Waals surface area (Å²) in [6.45, 7) is 0.398. The van der Waals surface area contributed by atoms with Gasteiger partial charge in [0.25, 0.3) is 11.8 Å². The van der Waals surface area contributed by atoms with Crippen LogP contribution in [-0.2, 0) is 11.3 Å². The number of carbonyl (C=O) groups is 3. The van der Waals surface area contributed by atoms with Crippen LogP contribution in [0.15, 0.2) is 48.5 Å². The molecule has 8 heteroatoms. The summed E-state index contributed by atoms with van der Waals surface area (Å²) in [7, 11) is 4.61. The molecule has 3 amide bonds. The number of amides is 3. The van der Waals surface area contributed by atoms with Gasteiger partial charge in [0.2, 0.25) is 5.91 Å². The van der Waals surface area contributed by atoms with Crippen molar-refractivity contribution in [2.45, 2.75) is 19.4 Å². The van der Waals surface area contributed by atoms with Gasteiger partial charge >= 0.3 is 0 Å². The highest BCUT2D eigenvalue weighted by Gasteiger charge is 2.32. The summed E-state index contributed by atoms with van der Waals surface area (Å²) in [4.78, 5) is 39.6. The van der Waals surface area contributed by atoms with E-state index in [2.05, 4.69) is 5.32 Å². The Labute approximate surface area is 197 Å². The molecule has 0 saturated carbocycles. The molecule has 0 aliphatic carbocycles. The Morgan fingerprint density at radius 1 is 0.853 bits per heavy atom. The van der Waals surface area contributed by atoms with E-state index in [0.29, 0.717) is 40.2 Å². The number of hydrogen-bond acceptors (Lipinski definition) is 6. The van der Waals surface area contributed by atoms with Crippen LogP contribution < -0.4 is 19.5 Å². The lowest BCUT2D eigenvalue weighted by Crippen LogP contribution is -2.41. The van der Waals surface area contributed by atoms with Gasteiger partial charge in [0.05, 0.1) is 21.3 Å². The van der Waals surface area contributed by atoms with Crippen molar-refractivity contribution in [3.8, 4) is 17.2 Å². The normalized spacial score (nSPS) is 12.6. The first-order valence-electron chi connectivity index (χ1n) is 10.9. The molecule has 34 heavy (non-hydrogen) atoms. The summed E-state index contributed by atoms with van der Waals surface area (Å²) in [6, 6.07) is 14.3. The summed E-state index contributed by atoms with van der Waals surface area (Å²) in [6.07, 6.45) is 0.517. The van der Waals surface area contributed by atoms with Crippen LogP contribution in [0.5, 0.6) is 17.2 Å². The fourth-order valence-electron chi connectivity index (χ4n) is 4.19. The number of carbonyl (C=O) groups excluding carboxylic acids is 3. The van der Waals surface area contributed by atoms with Crippen molar-refractivity contribution in [2.24, 2.45) is 0 Å². The standard InChI is InChI=1S/C26H26N2O6/c1-32-20-14-22(34-3)21(33-2)13-17(20)15-27-23(29)11-6-12-28-25(30)18-9-4-7-16-8-5-10-19(24(16)18)26(28)31/h4-5,7-10,13-14H,6,11-12,15H2,1-3H3,(H,27,29). The third-order valence-electron chi connectivity index (χ3n) is 5.90. The Balaban J connectivity index is 1.37. The summed E-state index contributed by atoms with van der Waals surface area (Å²) >= 11 is 0. The fourth-order valence-corrected chi connectivity index (χ4v) is 4.19. The third-order valence-corrected chi connectivity index (χ3v) is 5.90. The summed E-state index contributed by atoms with van der Waals surface area (Å²) < 4.78 is 16.0. The maximum atomic E-state index is 13.0. The van der Waals surface area contributed by atoms with Gasteiger partial charge in [-0.25, -0.2) is 0 Å². The Bertz CT molecular complexity index is 1220. The number of benzene rings is 3. The second kappa shape index (κ2) is 9.82. The van der Waals surface area contributed by atoms with E-state index in [9.17, 15) is 14.4 Å². The molecule has 0 unspecified atom stereocenters. The molecule has 0 saturated heterocycles. The molecule has 0 fully saturated rings. The summed E-state index contributed by atoms with van der Waals surface area (Å²) in [5.74, 6) is 0.772. The van der Waals surface area contributed by atoms with Crippen molar-refractivity contribution in [1.29, 1.82) is 0 Å². The second-order valence-corrected chi connectivity index (χ2v) is 7.87. The number of rotatable bonds is 9. The molecular formula is C26H26N2O6. The van der Waals surface area contributed by atoms with E-state index in [1.807, 2.05) is 24.3 Å². The SMILES string of the molecule is COc1cc(OC)c(OC)cc1CNC(=O)CCCN1C(=O)c2cccc3cccc(c23)C1=O. The van der Waals surface area contributed by atoms with Crippen LogP contribution in [0, 0.1) is 0 Å². The van der Waals surface area contributed by atoms with Crippen LogP contribution in [0.4, 0.5) is 0 Å². The van der Waals surface area contributed by atoms with Crippen molar-refractivity contribution in [3.05, 3.63) is 65.2 Å². The minimum absolute atomic E-state index is 0.162. The molecule has 176 valence electrons. The van der Waals surface area contributed by atoms with E-state index in [1.54, 1.807) is 24.3 Å². The van der Waals surface area contributed by atoms with Crippen molar-refractivity contribution < 1.29 is 28.6 Å². The van der Waals surface area contributed by atoms with Gasteiger partial charge in [-0.2, -0.15) is 0 Å². The van der Waals surface area contributed by atoms with Crippen LogP contribution >= 0.6 is 0 Å². The van der Waals surface area contributed by atoms with E-state index in [4.69, 9.17) is 14.2 Å². The highest BCUT2D eigenvalue weighted by molar-refractivity contribution is 6.25. The monoisotopic (exact) mass is 462 g/mol. The third kappa shape index (κ3) is 4.26. The zero-order valence-corrected chi connectivity index (χ0v) is 19.3. The first kappa shape index (κ1) is 23.1. The molecule has 0 aromatic heterocycles. The molecule has 0 bridgehead atoms.